The maximum absolute atomic E-state index is 12.8. The van der Waals surface area contributed by atoms with Crippen LogP contribution in [-0.4, -0.2) is 38.2 Å². The summed E-state index contributed by atoms with van der Waals surface area (Å²) in [7, 11) is 0. The number of aromatic nitrogens is 1. The summed E-state index contributed by atoms with van der Waals surface area (Å²) in [5.74, 6) is -2.40. The molecule has 2 aliphatic heterocycles. The van der Waals surface area contributed by atoms with Crippen LogP contribution in [0.4, 0.5) is 5.69 Å². The minimum absolute atomic E-state index is 0.0699. The molecular weight excluding hydrogens is 430 g/mol. The fourth-order valence-electron chi connectivity index (χ4n) is 3.31. The number of carbonyl (C=O) groups is 3. The molecule has 1 fully saturated rings. The van der Waals surface area contributed by atoms with Crippen molar-refractivity contribution in [3.63, 3.8) is 0 Å². The van der Waals surface area contributed by atoms with Crippen LogP contribution in [0.3, 0.4) is 0 Å². The zero-order chi connectivity index (χ0) is 22.1. The first-order valence-electron chi connectivity index (χ1n) is 9.03. The molecule has 3 atom stereocenters. The molecule has 1 saturated heterocycles. The molecule has 3 unspecified atom stereocenters. The van der Waals surface area contributed by atoms with Crippen LogP contribution in [-0.2, 0) is 30.5 Å². The lowest BCUT2D eigenvalue weighted by molar-refractivity contribution is -0.384. The standard InChI is InChI=1S/C19H15N3O8S/c1-10(23)30-16(13-6-7-29-20-13)15-17(24)21-14(9-31-18(15)21)19(25)28-8-11-2-4-12(5-3-11)22(26)27/h2-7,9,15-16,18H,8H2,1H3. The van der Waals surface area contributed by atoms with Crippen LogP contribution in [0.15, 0.2) is 52.2 Å². The Morgan fingerprint density at radius 2 is 2.06 bits per heavy atom. The van der Waals surface area contributed by atoms with E-state index >= 15 is 0 Å². The van der Waals surface area contributed by atoms with Crippen LogP contribution < -0.4 is 0 Å². The van der Waals surface area contributed by atoms with Gasteiger partial charge in [-0.2, -0.15) is 0 Å². The summed E-state index contributed by atoms with van der Waals surface area (Å²) in [6.45, 7) is 1.12. The van der Waals surface area contributed by atoms with Gasteiger partial charge in [-0.1, -0.05) is 5.16 Å². The molecule has 0 saturated carbocycles. The molecule has 1 aromatic heterocycles. The molecule has 3 heterocycles. The van der Waals surface area contributed by atoms with Crippen molar-refractivity contribution in [2.24, 2.45) is 5.92 Å². The minimum Gasteiger partial charge on any atom is -0.456 e. The van der Waals surface area contributed by atoms with Gasteiger partial charge in [-0.3, -0.25) is 24.6 Å². The summed E-state index contributed by atoms with van der Waals surface area (Å²) in [5, 5.41) is 15.5. The quantitative estimate of drug-likeness (QED) is 0.270. The first kappa shape index (κ1) is 20.6. The van der Waals surface area contributed by atoms with Crippen molar-refractivity contribution in [3.8, 4) is 0 Å². The van der Waals surface area contributed by atoms with Gasteiger partial charge in [-0.15, -0.1) is 11.8 Å². The number of nitro groups is 1. The molecule has 12 heteroatoms. The van der Waals surface area contributed by atoms with E-state index < -0.39 is 40.2 Å². The molecule has 0 spiro atoms. The number of amides is 1. The Morgan fingerprint density at radius 1 is 1.32 bits per heavy atom. The topological polar surface area (TPSA) is 142 Å². The fourth-order valence-corrected chi connectivity index (χ4v) is 4.55. The molecule has 31 heavy (non-hydrogen) atoms. The Hall–Kier alpha value is -3.67. The smallest absolute Gasteiger partial charge is 0.355 e. The number of ether oxygens (including phenoxy) is 2. The number of nitro benzene ring substituents is 1. The average Bonchev–Trinajstić information content (AvgIpc) is 3.39. The molecule has 2 aromatic rings. The van der Waals surface area contributed by atoms with Gasteiger partial charge in [0, 0.05) is 30.5 Å². The number of β-lactam (4-membered cyclic amide) rings is 1. The number of non-ortho nitro benzene ring substituents is 1. The molecule has 0 bridgehead atoms. The van der Waals surface area contributed by atoms with E-state index in [1.165, 1.54) is 65.6 Å². The van der Waals surface area contributed by atoms with Gasteiger partial charge in [0.25, 0.3) is 5.69 Å². The molecule has 0 radical (unpaired) electrons. The lowest BCUT2D eigenvalue weighted by atomic mass is 9.89. The third-order valence-electron chi connectivity index (χ3n) is 4.76. The van der Waals surface area contributed by atoms with Gasteiger partial charge in [0.1, 0.15) is 35.6 Å². The number of nitrogens with zero attached hydrogens (tertiary/aromatic N) is 3. The van der Waals surface area contributed by atoms with E-state index in [0.29, 0.717) is 11.3 Å². The van der Waals surface area contributed by atoms with Crippen LogP contribution in [0.5, 0.6) is 0 Å². The van der Waals surface area contributed by atoms with Crippen LogP contribution in [0.2, 0.25) is 0 Å². The van der Waals surface area contributed by atoms with Crippen LogP contribution in [0.25, 0.3) is 0 Å². The van der Waals surface area contributed by atoms with Crippen molar-refractivity contribution < 1.29 is 33.3 Å². The number of rotatable bonds is 7. The fraction of sp³-hybridized carbons (Fsp3) is 0.263. The van der Waals surface area contributed by atoms with Crippen LogP contribution in [0.1, 0.15) is 24.3 Å². The summed E-state index contributed by atoms with van der Waals surface area (Å²) in [4.78, 5) is 48.3. The highest BCUT2D eigenvalue weighted by atomic mass is 32.2. The van der Waals surface area contributed by atoms with E-state index in [0.717, 1.165) is 0 Å². The highest BCUT2D eigenvalue weighted by Crippen LogP contribution is 2.50. The van der Waals surface area contributed by atoms with Crippen molar-refractivity contribution >= 4 is 35.3 Å². The van der Waals surface area contributed by atoms with Crippen LogP contribution >= 0.6 is 11.8 Å². The van der Waals surface area contributed by atoms with Crippen molar-refractivity contribution in [3.05, 3.63) is 69.1 Å². The predicted octanol–water partition coefficient (Wildman–Crippen LogP) is 2.30. The maximum Gasteiger partial charge on any atom is 0.355 e. The molecule has 11 nitrogen and oxygen atoms in total. The van der Waals surface area contributed by atoms with E-state index in [2.05, 4.69) is 5.16 Å². The summed E-state index contributed by atoms with van der Waals surface area (Å²) >= 11 is 1.24. The number of thioether (sulfide) groups is 1. The normalized spacial score (nSPS) is 20.4. The Kier molecular flexibility index (Phi) is 5.46. The number of benzene rings is 1. The SMILES string of the molecule is CC(=O)OC(c1ccon1)C1C(=O)N2C(C(=O)OCc3ccc([N+](=O)[O-])cc3)=CSC12. The van der Waals surface area contributed by atoms with Gasteiger partial charge >= 0.3 is 11.9 Å². The summed E-state index contributed by atoms with van der Waals surface area (Å²) < 4.78 is 15.3. The molecule has 0 aliphatic carbocycles. The third-order valence-corrected chi connectivity index (χ3v) is 5.90. The highest BCUT2D eigenvalue weighted by molar-refractivity contribution is 8.03. The van der Waals surface area contributed by atoms with Gasteiger partial charge in [0.15, 0.2) is 6.10 Å². The van der Waals surface area contributed by atoms with E-state index in [4.69, 9.17) is 14.0 Å². The molecule has 0 N–H and O–H groups in total. The highest BCUT2D eigenvalue weighted by Gasteiger charge is 2.58. The molecule has 160 valence electrons. The second kappa shape index (κ2) is 8.22. The van der Waals surface area contributed by atoms with Crippen LogP contribution in [0, 0.1) is 16.0 Å². The molecular formula is C19H15N3O8S. The van der Waals surface area contributed by atoms with Gasteiger partial charge in [-0.05, 0) is 17.7 Å². The third kappa shape index (κ3) is 3.89. The van der Waals surface area contributed by atoms with Crippen molar-refractivity contribution in [1.82, 2.24) is 10.1 Å². The largest absolute Gasteiger partial charge is 0.456 e. The molecule has 1 amide bonds. The Balaban J connectivity index is 1.40. The van der Waals surface area contributed by atoms with E-state index in [1.807, 2.05) is 0 Å². The summed E-state index contributed by atoms with van der Waals surface area (Å²) in [6, 6.07) is 7.10. The van der Waals surface area contributed by atoms with E-state index in [9.17, 15) is 24.5 Å². The van der Waals surface area contributed by atoms with Crippen molar-refractivity contribution in [1.29, 1.82) is 0 Å². The Morgan fingerprint density at radius 3 is 2.68 bits per heavy atom. The lowest BCUT2D eigenvalue weighted by Crippen LogP contribution is -2.59. The first-order valence-corrected chi connectivity index (χ1v) is 9.97. The zero-order valence-corrected chi connectivity index (χ0v) is 16.8. The van der Waals surface area contributed by atoms with E-state index in [1.54, 1.807) is 0 Å². The number of fused-ring (bicyclic) bond motifs is 1. The van der Waals surface area contributed by atoms with Crippen molar-refractivity contribution in [2.45, 2.75) is 25.0 Å². The van der Waals surface area contributed by atoms with Gasteiger partial charge in [-0.25, -0.2) is 4.79 Å². The Labute approximate surface area is 179 Å². The number of hydrogen-bond acceptors (Lipinski definition) is 10. The molecule has 2 aliphatic rings. The monoisotopic (exact) mass is 445 g/mol. The van der Waals surface area contributed by atoms with Gasteiger partial charge in [0.05, 0.1) is 4.92 Å². The lowest BCUT2D eigenvalue weighted by Gasteiger charge is -2.44. The van der Waals surface area contributed by atoms with Gasteiger partial charge < -0.3 is 14.0 Å². The maximum atomic E-state index is 12.8. The van der Waals surface area contributed by atoms with Gasteiger partial charge in [0.2, 0.25) is 5.91 Å². The number of esters is 2. The molecule has 4 rings (SSSR count). The second-order valence-electron chi connectivity index (χ2n) is 6.72. The zero-order valence-electron chi connectivity index (χ0n) is 16.0. The average molecular weight is 445 g/mol. The van der Waals surface area contributed by atoms with E-state index in [-0.39, 0.29) is 18.0 Å². The predicted molar refractivity (Wildman–Crippen MR) is 104 cm³/mol. The number of carbonyl (C=O) groups excluding carboxylic acids is 3. The summed E-state index contributed by atoms with van der Waals surface area (Å²) in [5.41, 5.74) is 0.887. The summed E-state index contributed by atoms with van der Waals surface area (Å²) in [6.07, 6.45) is 0.384. The second-order valence-corrected chi connectivity index (χ2v) is 7.71. The number of hydrogen-bond donors (Lipinski definition) is 0. The Bertz CT molecular complexity index is 1070. The molecule has 1 aromatic carbocycles. The first-order chi connectivity index (χ1) is 14.9. The van der Waals surface area contributed by atoms with Crippen molar-refractivity contribution in [2.75, 3.05) is 0 Å². The minimum atomic E-state index is -0.929.